The van der Waals surface area contributed by atoms with Crippen molar-refractivity contribution in [2.75, 3.05) is 5.32 Å². The average Bonchev–Trinajstić information content (AvgIpc) is 3.10. The first-order chi connectivity index (χ1) is 13.6. The van der Waals surface area contributed by atoms with E-state index in [-0.39, 0.29) is 0 Å². The molecule has 0 saturated heterocycles. The van der Waals surface area contributed by atoms with Crippen molar-refractivity contribution in [1.29, 1.82) is 0 Å². The maximum atomic E-state index is 5.49. The van der Waals surface area contributed by atoms with Gasteiger partial charge in [0.05, 0.1) is 16.7 Å². The number of aromatic nitrogens is 2. The number of fused-ring (bicyclic) bond motifs is 1. The van der Waals surface area contributed by atoms with Crippen molar-refractivity contribution >= 4 is 34.1 Å². The first-order valence-corrected chi connectivity index (χ1v) is 9.66. The van der Waals surface area contributed by atoms with E-state index >= 15 is 0 Å². The molecule has 0 amide bonds. The highest BCUT2D eigenvalue weighted by atomic mass is 32.1. The Kier molecular flexibility index (Phi) is 5.08. The van der Waals surface area contributed by atoms with E-state index in [4.69, 9.17) is 17.2 Å². The lowest BCUT2D eigenvalue weighted by Crippen LogP contribution is -2.28. The zero-order valence-electron chi connectivity index (χ0n) is 15.9. The van der Waals surface area contributed by atoms with Crippen LogP contribution in [0.25, 0.3) is 22.4 Å². The van der Waals surface area contributed by atoms with Gasteiger partial charge in [0.2, 0.25) is 0 Å². The van der Waals surface area contributed by atoms with Crippen LogP contribution in [0, 0.1) is 13.8 Å². The summed E-state index contributed by atoms with van der Waals surface area (Å²) in [4.78, 5) is 8.22. The van der Waals surface area contributed by atoms with Gasteiger partial charge in [-0.05, 0) is 67.0 Å². The van der Waals surface area contributed by atoms with Gasteiger partial charge in [0.25, 0.3) is 0 Å². The number of benzene rings is 3. The summed E-state index contributed by atoms with van der Waals surface area (Å²) < 4.78 is 0. The number of thiocarbonyl (C=S) groups is 1. The summed E-state index contributed by atoms with van der Waals surface area (Å²) in [5, 5.41) is 7.15. The Morgan fingerprint density at radius 1 is 0.964 bits per heavy atom. The predicted molar refractivity (Wildman–Crippen MR) is 121 cm³/mol. The fraction of sp³-hybridized carbons (Fsp3) is 0.130. The molecule has 0 radical (unpaired) electrons. The number of hydrogen-bond acceptors (Lipinski definition) is 2. The maximum absolute atomic E-state index is 5.49. The van der Waals surface area contributed by atoms with Crippen molar-refractivity contribution in [2.24, 2.45) is 0 Å². The van der Waals surface area contributed by atoms with Crippen LogP contribution in [-0.4, -0.2) is 15.1 Å². The van der Waals surface area contributed by atoms with Crippen LogP contribution in [0.2, 0.25) is 0 Å². The highest BCUT2D eigenvalue weighted by molar-refractivity contribution is 7.80. The number of aromatic amines is 1. The van der Waals surface area contributed by atoms with Crippen molar-refractivity contribution in [3.63, 3.8) is 0 Å². The van der Waals surface area contributed by atoms with Gasteiger partial charge in [0.1, 0.15) is 5.82 Å². The zero-order valence-corrected chi connectivity index (χ0v) is 16.7. The lowest BCUT2D eigenvalue weighted by atomic mass is 10.1. The molecule has 0 fully saturated rings. The van der Waals surface area contributed by atoms with Gasteiger partial charge in [-0.15, -0.1) is 0 Å². The van der Waals surface area contributed by atoms with Crippen LogP contribution in [0.15, 0.2) is 66.7 Å². The summed E-state index contributed by atoms with van der Waals surface area (Å²) in [7, 11) is 0. The second kappa shape index (κ2) is 7.82. The summed E-state index contributed by atoms with van der Waals surface area (Å²) in [6.07, 6.45) is 0. The molecule has 1 heterocycles. The molecule has 5 heteroatoms. The molecule has 0 unspecified atom stereocenters. The Morgan fingerprint density at radius 2 is 1.68 bits per heavy atom. The summed E-state index contributed by atoms with van der Waals surface area (Å²) in [5.74, 6) is 0.828. The van der Waals surface area contributed by atoms with Gasteiger partial charge in [0.15, 0.2) is 5.11 Å². The highest BCUT2D eigenvalue weighted by Gasteiger charge is 2.11. The molecular formula is C23H22N4S. The molecule has 140 valence electrons. The molecular weight excluding hydrogens is 364 g/mol. The Bertz CT molecular complexity index is 1090. The lowest BCUT2D eigenvalue weighted by molar-refractivity contribution is 0.926. The molecule has 1 aromatic heterocycles. The number of imidazole rings is 1. The minimum atomic E-state index is 0.583. The predicted octanol–water partition coefficient (Wildman–Crippen LogP) is 5.33. The van der Waals surface area contributed by atoms with Crippen molar-refractivity contribution in [3.05, 3.63) is 83.4 Å². The topological polar surface area (TPSA) is 52.7 Å². The molecule has 0 bridgehead atoms. The largest absolute Gasteiger partial charge is 0.358 e. The second-order valence-electron chi connectivity index (χ2n) is 6.88. The molecule has 3 aromatic carbocycles. The molecule has 0 atom stereocenters. The molecule has 0 aliphatic rings. The standard InChI is InChI=1S/C23H22N4S/c1-15-12-20-21(13-16(15)2)26-22(25-20)18-10-6-7-11-19(18)27-23(28)24-14-17-8-4-3-5-9-17/h3-13H,14H2,1-2H3,(H,25,26)(H2,24,27,28). The number of rotatable bonds is 4. The number of nitrogens with one attached hydrogen (secondary N) is 3. The van der Waals surface area contributed by atoms with Crippen LogP contribution in [0.4, 0.5) is 5.69 Å². The van der Waals surface area contributed by atoms with E-state index in [9.17, 15) is 0 Å². The number of H-pyrrole nitrogens is 1. The summed E-state index contributed by atoms with van der Waals surface area (Å²) in [6.45, 7) is 4.90. The molecule has 0 aliphatic carbocycles. The first-order valence-electron chi connectivity index (χ1n) is 9.25. The van der Waals surface area contributed by atoms with Crippen LogP contribution in [0.3, 0.4) is 0 Å². The smallest absolute Gasteiger partial charge is 0.171 e. The molecule has 0 spiro atoms. The zero-order chi connectivity index (χ0) is 19.5. The lowest BCUT2D eigenvalue weighted by Gasteiger charge is -2.13. The summed E-state index contributed by atoms with van der Waals surface area (Å²) in [5.41, 5.74) is 7.58. The van der Waals surface area contributed by atoms with Gasteiger partial charge in [-0.2, -0.15) is 0 Å². The van der Waals surface area contributed by atoms with Crippen molar-refractivity contribution in [2.45, 2.75) is 20.4 Å². The number of aryl methyl sites for hydroxylation is 2. The minimum Gasteiger partial charge on any atom is -0.358 e. The quantitative estimate of drug-likeness (QED) is 0.415. The average molecular weight is 387 g/mol. The normalized spacial score (nSPS) is 10.8. The Labute approximate surface area is 170 Å². The van der Waals surface area contributed by atoms with Crippen LogP contribution < -0.4 is 10.6 Å². The monoisotopic (exact) mass is 386 g/mol. The van der Waals surface area contributed by atoms with E-state index in [1.807, 2.05) is 42.5 Å². The van der Waals surface area contributed by atoms with Crippen molar-refractivity contribution in [3.8, 4) is 11.4 Å². The van der Waals surface area contributed by atoms with Gasteiger partial charge in [-0.25, -0.2) is 4.98 Å². The van der Waals surface area contributed by atoms with Gasteiger partial charge < -0.3 is 15.6 Å². The Balaban J connectivity index is 1.56. The van der Waals surface area contributed by atoms with E-state index in [2.05, 4.69) is 53.7 Å². The third kappa shape index (κ3) is 3.89. The molecule has 0 aliphatic heterocycles. The Morgan fingerprint density at radius 3 is 2.50 bits per heavy atom. The third-order valence-electron chi connectivity index (χ3n) is 4.82. The first kappa shape index (κ1) is 18.2. The van der Waals surface area contributed by atoms with Crippen LogP contribution in [-0.2, 0) is 6.54 Å². The van der Waals surface area contributed by atoms with E-state index in [0.29, 0.717) is 11.7 Å². The minimum absolute atomic E-state index is 0.583. The maximum Gasteiger partial charge on any atom is 0.171 e. The van der Waals surface area contributed by atoms with Gasteiger partial charge in [-0.1, -0.05) is 42.5 Å². The van der Waals surface area contributed by atoms with Gasteiger partial charge in [-0.3, -0.25) is 0 Å². The fourth-order valence-corrected chi connectivity index (χ4v) is 3.32. The summed E-state index contributed by atoms with van der Waals surface area (Å²) >= 11 is 5.49. The van der Waals surface area contributed by atoms with Gasteiger partial charge in [0, 0.05) is 12.1 Å². The van der Waals surface area contributed by atoms with Crippen molar-refractivity contribution < 1.29 is 0 Å². The fourth-order valence-electron chi connectivity index (χ4n) is 3.14. The van der Waals surface area contributed by atoms with Crippen LogP contribution in [0.5, 0.6) is 0 Å². The summed E-state index contributed by atoms with van der Waals surface area (Å²) in [6, 6.07) is 22.5. The number of para-hydroxylation sites is 1. The molecule has 4 aromatic rings. The SMILES string of the molecule is Cc1cc2nc(-c3ccccc3NC(=S)NCc3ccccc3)[nH]c2cc1C. The highest BCUT2D eigenvalue weighted by Crippen LogP contribution is 2.28. The number of nitrogens with zero attached hydrogens (tertiary/aromatic N) is 1. The Hall–Kier alpha value is -3.18. The van der Waals surface area contributed by atoms with Gasteiger partial charge >= 0.3 is 0 Å². The van der Waals surface area contributed by atoms with E-state index in [1.165, 1.54) is 16.7 Å². The second-order valence-corrected chi connectivity index (χ2v) is 7.29. The van der Waals surface area contributed by atoms with E-state index < -0.39 is 0 Å². The van der Waals surface area contributed by atoms with E-state index in [1.54, 1.807) is 0 Å². The van der Waals surface area contributed by atoms with Crippen molar-refractivity contribution in [1.82, 2.24) is 15.3 Å². The number of anilines is 1. The van der Waals surface area contributed by atoms with Crippen LogP contribution >= 0.6 is 12.2 Å². The molecule has 28 heavy (non-hydrogen) atoms. The molecule has 3 N–H and O–H groups in total. The van der Waals surface area contributed by atoms with Crippen LogP contribution in [0.1, 0.15) is 16.7 Å². The van der Waals surface area contributed by atoms with E-state index in [0.717, 1.165) is 28.1 Å². The number of hydrogen-bond donors (Lipinski definition) is 3. The molecule has 4 nitrogen and oxygen atoms in total. The molecule has 0 saturated carbocycles. The third-order valence-corrected chi connectivity index (χ3v) is 5.07. The molecule has 4 rings (SSSR count).